The predicted molar refractivity (Wildman–Crippen MR) is 55.3 cm³/mol. The van der Waals surface area contributed by atoms with E-state index in [-0.39, 0.29) is 17.4 Å². The Bertz CT molecular complexity index is 166. The van der Waals surface area contributed by atoms with Crippen LogP contribution in [0.3, 0.4) is 0 Å². The van der Waals surface area contributed by atoms with Gasteiger partial charge < -0.3 is 11.1 Å². The lowest BCUT2D eigenvalue weighted by atomic mass is 9.90. The van der Waals surface area contributed by atoms with Crippen LogP contribution in [0.25, 0.3) is 0 Å². The van der Waals surface area contributed by atoms with Crippen molar-refractivity contribution < 1.29 is 4.79 Å². The number of nitrogens with one attached hydrogen (secondary N) is 1. The van der Waals surface area contributed by atoms with Gasteiger partial charge in [-0.15, -0.1) is 0 Å². The maximum Gasteiger partial charge on any atom is 0.234 e. The summed E-state index contributed by atoms with van der Waals surface area (Å²) in [6.45, 7) is 9.29. The maximum atomic E-state index is 10.9. The Labute approximate surface area is 81.1 Å². The molecule has 3 nitrogen and oxygen atoms in total. The van der Waals surface area contributed by atoms with E-state index in [0.717, 1.165) is 19.4 Å². The average molecular weight is 186 g/mol. The van der Waals surface area contributed by atoms with Crippen molar-refractivity contribution in [2.75, 3.05) is 6.54 Å². The van der Waals surface area contributed by atoms with Gasteiger partial charge in [0.1, 0.15) is 0 Å². The molecule has 3 N–H and O–H groups in total. The second-order valence-electron chi connectivity index (χ2n) is 4.26. The van der Waals surface area contributed by atoms with Crippen molar-refractivity contribution in [3.05, 3.63) is 0 Å². The zero-order valence-electron chi connectivity index (χ0n) is 9.18. The van der Waals surface area contributed by atoms with Gasteiger partial charge in [-0.1, -0.05) is 27.7 Å². The summed E-state index contributed by atoms with van der Waals surface area (Å²) in [5, 5.41) is 3.19. The van der Waals surface area contributed by atoms with Gasteiger partial charge in [0.2, 0.25) is 5.91 Å². The molecule has 1 amide bonds. The lowest BCUT2D eigenvalue weighted by Gasteiger charge is -2.25. The van der Waals surface area contributed by atoms with Gasteiger partial charge in [0.15, 0.2) is 0 Å². The summed E-state index contributed by atoms with van der Waals surface area (Å²) in [5.74, 6) is -0.255. The first kappa shape index (κ1) is 12.4. The number of primary amides is 1. The van der Waals surface area contributed by atoms with E-state index in [2.05, 4.69) is 26.1 Å². The van der Waals surface area contributed by atoms with E-state index in [0.29, 0.717) is 0 Å². The van der Waals surface area contributed by atoms with Crippen LogP contribution in [0.5, 0.6) is 0 Å². The van der Waals surface area contributed by atoms with Crippen molar-refractivity contribution in [2.45, 2.75) is 46.6 Å². The van der Waals surface area contributed by atoms with E-state index in [1.165, 1.54) is 0 Å². The molecule has 0 heterocycles. The number of hydrogen-bond acceptors (Lipinski definition) is 2. The smallest absolute Gasteiger partial charge is 0.234 e. The highest BCUT2D eigenvalue weighted by Crippen LogP contribution is 2.17. The summed E-state index contributed by atoms with van der Waals surface area (Å²) >= 11 is 0. The van der Waals surface area contributed by atoms with Gasteiger partial charge in [-0.2, -0.15) is 0 Å². The van der Waals surface area contributed by atoms with Crippen LogP contribution >= 0.6 is 0 Å². The topological polar surface area (TPSA) is 55.1 Å². The molecule has 78 valence electrons. The number of carbonyl (C=O) groups excluding carboxylic acids is 1. The zero-order chi connectivity index (χ0) is 10.5. The Morgan fingerprint density at radius 3 is 2.31 bits per heavy atom. The number of rotatable bonds is 6. The van der Waals surface area contributed by atoms with Gasteiger partial charge in [0.25, 0.3) is 0 Å². The average Bonchev–Trinajstić information content (AvgIpc) is 2.05. The van der Waals surface area contributed by atoms with E-state index in [4.69, 9.17) is 5.73 Å². The third kappa shape index (κ3) is 4.88. The van der Waals surface area contributed by atoms with E-state index in [1.807, 2.05) is 6.92 Å². The summed E-state index contributed by atoms with van der Waals surface area (Å²) < 4.78 is 0. The second kappa shape index (κ2) is 5.22. The highest BCUT2D eigenvalue weighted by molar-refractivity contribution is 5.79. The highest BCUT2D eigenvalue weighted by atomic mass is 16.1. The van der Waals surface area contributed by atoms with Crippen molar-refractivity contribution in [3.8, 4) is 0 Å². The fraction of sp³-hybridized carbons (Fsp3) is 0.900. The molecule has 0 aromatic heterocycles. The van der Waals surface area contributed by atoms with Gasteiger partial charge in [0, 0.05) is 6.54 Å². The molecule has 0 aromatic rings. The molecule has 0 bridgehead atoms. The summed E-state index contributed by atoms with van der Waals surface area (Å²) in [6.07, 6.45) is 1.85. The number of nitrogens with two attached hydrogens (primary N) is 1. The fourth-order valence-corrected chi connectivity index (χ4v) is 0.971. The molecule has 0 aliphatic carbocycles. The SMILES string of the molecule is CCC(NCC(C)(C)CC)C(N)=O. The van der Waals surface area contributed by atoms with Gasteiger partial charge in [-0.25, -0.2) is 0 Å². The Morgan fingerprint density at radius 2 is 2.00 bits per heavy atom. The second-order valence-corrected chi connectivity index (χ2v) is 4.26. The van der Waals surface area contributed by atoms with Crippen molar-refractivity contribution in [1.29, 1.82) is 0 Å². The molecule has 1 atom stereocenters. The first-order valence-electron chi connectivity index (χ1n) is 4.95. The number of hydrogen-bond donors (Lipinski definition) is 2. The van der Waals surface area contributed by atoms with Gasteiger partial charge >= 0.3 is 0 Å². The van der Waals surface area contributed by atoms with Crippen LogP contribution in [-0.4, -0.2) is 18.5 Å². The summed E-state index contributed by atoms with van der Waals surface area (Å²) in [5.41, 5.74) is 5.46. The van der Waals surface area contributed by atoms with Gasteiger partial charge in [-0.05, 0) is 18.3 Å². The summed E-state index contributed by atoms with van der Waals surface area (Å²) in [7, 11) is 0. The van der Waals surface area contributed by atoms with Crippen LogP contribution in [-0.2, 0) is 4.79 Å². The van der Waals surface area contributed by atoms with Gasteiger partial charge in [-0.3, -0.25) is 4.79 Å². The number of amides is 1. The zero-order valence-corrected chi connectivity index (χ0v) is 9.18. The molecular weight excluding hydrogens is 164 g/mol. The molecule has 0 spiro atoms. The Hall–Kier alpha value is -0.570. The standard InChI is InChI=1S/C10H22N2O/c1-5-8(9(11)13)12-7-10(3,4)6-2/h8,12H,5-7H2,1-4H3,(H2,11,13). The molecule has 3 heteroatoms. The van der Waals surface area contributed by atoms with Crippen molar-refractivity contribution >= 4 is 5.91 Å². The van der Waals surface area contributed by atoms with Crippen LogP contribution in [0.1, 0.15) is 40.5 Å². The lowest BCUT2D eigenvalue weighted by Crippen LogP contribution is -2.44. The minimum Gasteiger partial charge on any atom is -0.368 e. The Balaban J connectivity index is 3.92. The first-order chi connectivity index (χ1) is 5.93. The molecule has 1 unspecified atom stereocenters. The van der Waals surface area contributed by atoms with Crippen LogP contribution in [0.2, 0.25) is 0 Å². The molecular formula is C10H22N2O. The van der Waals surface area contributed by atoms with Gasteiger partial charge in [0.05, 0.1) is 6.04 Å². The molecule has 0 aliphatic rings. The maximum absolute atomic E-state index is 10.9. The van der Waals surface area contributed by atoms with E-state index in [9.17, 15) is 4.79 Å². The quantitative estimate of drug-likeness (QED) is 0.656. The minimum absolute atomic E-state index is 0.175. The van der Waals surface area contributed by atoms with Crippen molar-refractivity contribution in [3.63, 3.8) is 0 Å². The van der Waals surface area contributed by atoms with E-state index in [1.54, 1.807) is 0 Å². The monoisotopic (exact) mass is 186 g/mol. The molecule has 0 fully saturated rings. The third-order valence-electron chi connectivity index (χ3n) is 2.54. The molecule has 0 saturated carbocycles. The number of carbonyl (C=O) groups is 1. The van der Waals surface area contributed by atoms with E-state index < -0.39 is 0 Å². The third-order valence-corrected chi connectivity index (χ3v) is 2.54. The normalized spacial score (nSPS) is 14.2. The minimum atomic E-state index is -0.255. The largest absolute Gasteiger partial charge is 0.368 e. The predicted octanol–water partition coefficient (Wildman–Crippen LogP) is 1.28. The molecule has 0 rings (SSSR count). The molecule has 0 saturated heterocycles. The Kier molecular flexibility index (Phi) is 4.99. The molecule has 13 heavy (non-hydrogen) atoms. The fourth-order valence-electron chi connectivity index (χ4n) is 0.971. The van der Waals surface area contributed by atoms with Crippen molar-refractivity contribution in [1.82, 2.24) is 5.32 Å². The molecule has 0 aromatic carbocycles. The first-order valence-corrected chi connectivity index (χ1v) is 4.95. The van der Waals surface area contributed by atoms with Crippen LogP contribution in [0.4, 0.5) is 0 Å². The highest BCUT2D eigenvalue weighted by Gasteiger charge is 2.18. The Morgan fingerprint density at radius 1 is 1.46 bits per heavy atom. The van der Waals surface area contributed by atoms with Crippen LogP contribution in [0, 0.1) is 5.41 Å². The van der Waals surface area contributed by atoms with Crippen LogP contribution < -0.4 is 11.1 Å². The van der Waals surface area contributed by atoms with Crippen molar-refractivity contribution in [2.24, 2.45) is 11.1 Å². The summed E-state index contributed by atoms with van der Waals surface area (Å²) in [4.78, 5) is 10.9. The van der Waals surface area contributed by atoms with E-state index >= 15 is 0 Å². The molecule has 0 aliphatic heterocycles. The lowest BCUT2D eigenvalue weighted by molar-refractivity contribution is -0.120. The molecule has 0 radical (unpaired) electrons. The summed E-state index contributed by atoms with van der Waals surface area (Å²) in [6, 6.07) is -0.175. The van der Waals surface area contributed by atoms with Crippen LogP contribution in [0.15, 0.2) is 0 Å².